The van der Waals surface area contributed by atoms with Crippen LogP contribution in [0.3, 0.4) is 0 Å². The molecule has 0 spiro atoms. The molecule has 0 saturated heterocycles. The molecule has 0 radical (unpaired) electrons. The Balaban J connectivity index is 3.60. The van der Waals surface area contributed by atoms with Gasteiger partial charge in [-0.3, -0.25) is 4.55 Å². The molecule has 0 aromatic rings. The molecule has 0 amide bonds. The molecule has 44 valence electrons. The van der Waals surface area contributed by atoms with E-state index in [1.165, 1.54) is 0 Å². The van der Waals surface area contributed by atoms with Crippen LogP contribution in [0.25, 0.3) is 0 Å². The maximum Gasteiger partial charge on any atom is 0.295 e. The van der Waals surface area contributed by atoms with Crippen LogP contribution < -0.4 is 5.90 Å². The summed E-state index contributed by atoms with van der Waals surface area (Å²) in [6.45, 7) is 0. The summed E-state index contributed by atoms with van der Waals surface area (Å²) in [7, 11) is -3.69. The van der Waals surface area contributed by atoms with Gasteiger partial charge in [0.25, 0.3) is 9.05 Å². The Hall–Kier alpha value is 0.210. The zero-order valence-corrected chi connectivity index (χ0v) is 4.70. The molecule has 7 heteroatoms. The molecule has 0 aromatic carbocycles. The van der Waals surface area contributed by atoms with Crippen LogP contribution in [-0.2, 0) is 29.6 Å². The van der Waals surface area contributed by atoms with Crippen LogP contribution in [0.15, 0.2) is 0 Å². The highest BCUT2D eigenvalue weighted by molar-refractivity contribution is 8.26. The SMILES string of the molecule is NOOS(=O)(O)=S. The summed E-state index contributed by atoms with van der Waals surface area (Å²) in [6.07, 6.45) is 0. The minimum atomic E-state index is -3.69. The molecule has 7 heavy (non-hydrogen) atoms. The predicted octanol–water partition coefficient (Wildman–Crippen LogP) is -1.06. The van der Waals surface area contributed by atoms with Crippen molar-refractivity contribution >= 4 is 20.2 Å². The Morgan fingerprint density at radius 2 is 2.29 bits per heavy atom. The maximum absolute atomic E-state index is 9.73. The summed E-state index contributed by atoms with van der Waals surface area (Å²) in [4.78, 5) is 3.28. The molecular weight excluding hydrogens is 142 g/mol. The number of hydrogen-bond donors (Lipinski definition) is 2. The van der Waals surface area contributed by atoms with Crippen LogP contribution in [0.4, 0.5) is 0 Å². The first-order valence-electron chi connectivity index (χ1n) is 1.08. The van der Waals surface area contributed by atoms with Crippen LogP contribution in [0.5, 0.6) is 0 Å². The van der Waals surface area contributed by atoms with Gasteiger partial charge in [0.1, 0.15) is 0 Å². The van der Waals surface area contributed by atoms with Crippen molar-refractivity contribution in [3.05, 3.63) is 0 Å². The van der Waals surface area contributed by atoms with Gasteiger partial charge < -0.3 is 0 Å². The largest absolute Gasteiger partial charge is 0.295 e. The van der Waals surface area contributed by atoms with Gasteiger partial charge in [0.05, 0.1) is 0 Å². The number of hydrogen-bond acceptors (Lipinski definition) is 5. The molecule has 1 unspecified atom stereocenters. The molecule has 0 aromatic heterocycles. The van der Waals surface area contributed by atoms with Gasteiger partial charge in [-0.15, -0.1) is 4.99 Å². The van der Waals surface area contributed by atoms with Crippen molar-refractivity contribution in [2.24, 2.45) is 5.90 Å². The molecule has 0 aliphatic heterocycles. The number of rotatable bonds is 2. The molecule has 0 saturated carbocycles. The minimum absolute atomic E-state index is 3.28. The summed E-state index contributed by atoms with van der Waals surface area (Å²) in [5.41, 5.74) is 0. The van der Waals surface area contributed by atoms with Gasteiger partial charge in [-0.1, -0.05) is 4.33 Å². The highest BCUT2D eigenvalue weighted by Gasteiger charge is 1.95. The second kappa shape index (κ2) is 2.50. The molecule has 0 heterocycles. The average molecular weight is 145 g/mol. The zero-order chi connectivity index (χ0) is 5.91. The van der Waals surface area contributed by atoms with Gasteiger partial charge in [-0.25, -0.2) is 0 Å². The summed E-state index contributed by atoms with van der Waals surface area (Å²) >= 11 is 3.74. The first-order valence-corrected chi connectivity index (χ1v) is 3.45. The van der Waals surface area contributed by atoms with E-state index in [0.717, 1.165) is 0 Å². The van der Waals surface area contributed by atoms with E-state index in [9.17, 15) is 4.21 Å². The Kier molecular flexibility index (Phi) is 2.58. The van der Waals surface area contributed by atoms with E-state index in [1.54, 1.807) is 0 Å². The molecule has 1 atom stereocenters. The van der Waals surface area contributed by atoms with Gasteiger partial charge >= 0.3 is 0 Å². The lowest BCUT2D eigenvalue weighted by Gasteiger charge is -1.90. The maximum atomic E-state index is 9.73. The summed E-state index contributed by atoms with van der Waals surface area (Å²) in [5.74, 6) is 4.19. The molecule has 0 aliphatic carbocycles. The fourth-order valence-electron chi connectivity index (χ4n) is 0.0496. The third kappa shape index (κ3) is 6.21. The highest BCUT2D eigenvalue weighted by Crippen LogP contribution is 1.81. The monoisotopic (exact) mass is 145 g/mol. The first kappa shape index (κ1) is 7.21. The fourth-order valence-corrected chi connectivity index (χ4v) is 0.245. The van der Waals surface area contributed by atoms with Crippen molar-refractivity contribution in [3.8, 4) is 0 Å². The van der Waals surface area contributed by atoms with E-state index in [4.69, 9.17) is 4.55 Å². The third-order valence-electron chi connectivity index (χ3n) is 0.125. The molecule has 5 nitrogen and oxygen atoms in total. The Bertz CT molecular complexity index is 123. The van der Waals surface area contributed by atoms with Gasteiger partial charge in [0, 0.05) is 11.2 Å². The lowest BCUT2D eigenvalue weighted by molar-refractivity contribution is -0.207. The van der Waals surface area contributed by atoms with Crippen LogP contribution in [0.2, 0.25) is 0 Å². The first-order chi connectivity index (χ1) is 3.06. The van der Waals surface area contributed by atoms with Crippen molar-refractivity contribution < 1.29 is 18.1 Å². The topological polar surface area (TPSA) is 81.8 Å². The van der Waals surface area contributed by atoms with Gasteiger partial charge in [-0.2, -0.15) is 10.1 Å². The molecular formula is H3NO4S2. The average Bonchev–Trinajstić information content (AvgIpc) is 1.30. The Morgan fingerprint density at radius 1 is 1.86 bits per heavy atom. The van der Waals surface area contributed by atoms with Crippen molar-refractivity contribution in [1.29, 1.82) is 0 Å². The lowest BCUT2D eigenvalue weighted by atomic mass is 13.5. The summed E-state index contributed by atoms with van der Waals surface area (Å²) in [6, 6.07) is 0. The zero-order valence-electron chi connectivity index (χ0n) is 3.07. The minimum Gasteiger partial charge on any atom is -0.283 e. The lowest BCUT2D eigenvalue weighted by Crippen LogP contribution is -2.06. The molecule has 0 rings (SSSR count). The summed E-state index contributed by atoms with van der Waals surface area (Å²) < 4.78 is 21.1. The van der Waals surface area contributed by atoms with Gasteiger partial charge in [-0.05, 0) is 0 Å². The van der Waals surface area contributed by atoms with Crippen LogP contribution in [-0.4, -0.2) is 8.76 Å². The van der Waals surface area contributed by atoms with E-state index in [0.29, 0.717) is 0 Å². The van der Waals surface area contributed by atoms with E-state index in [1.807, 2.05) is 0 Å². The van der Waals surface area contributed by atoms with Crippen LogP contribution in [0, 0.1) is 0 Å². The Labute approximate surface area is 45.0 Å². The third-order valence-corrected chi connectivity index (χ3v) is 0.542. The smallest absolute Gasteiger partial charge is 0.283 e. The molecule has 0 fully saturated rings. The highest BCUT2D eigenvalue weighted by atomic mass is 32.9. The van der Waals surface area contributed by atoms with E-state index in [-0.39, 0.29) is 0 Å². The molecule has 0 aliphatic rings. The van der Waals surface area contributed by atoms with E-state index >= 15 is 0 Å². The van der Waals surface area contributed by atoms with Crippen LogP contribution >= 0.6 is 0 Å². The second-order valence-electron chi connectivity index (χ2n) is 0.592. The fraction of sp³-hybridized carbons (Fsp3) is 0. The van der Waals surface area contributed by atoms with Crippen molar-refractivity contribution in [1.82, 2.24) is 0 Å². The van der Waals surface area contributed by atoms with Crippen LogP contribution in [0.1, 0.15) is 0 Å². The quantitative estimate of drug-likeness (QED) is 0.381. The van der Waals surface area contributed by atoms with Gasteiger partial charge in [0.15, 0.2) is 0 Å². The van der Waals surface area contributed by atoms with Crippen molar-refractivity contribution in [2.45, 2.75) is 0 Å². The normalized spacial score (nSPS) is 18.6. The van der Waals surface area contributed by atoms with Crippen molar-refractivity contribution in [2.75, 3.05) is 0 Å². The molecule has 3 N–H and O–H groups in total. The number of nitrogens with two attached hydrogens (primary N) is 1. The van der Waals surface area contributed by atoms with E-state index in [2.05, 4.69) is 26.4 Å². The predicted molar refractivity (Wildman–Crippen MR) is 24.5 cm³/mol. The van der Waals surface area contributed by atoms with E-state index < -0.39 is 9.05 Å². The second-order valence-corrected chi connectivity index (χ2v) is 2.85. The standard InChI is InChI=1S/H3NO4S2/c1-4-5-7(2,3)6/h1H2,(H,2,3,6). The molecule has 0 bridgehead atoms. The Morgan fingerprint density at radius 3 is 2.29 bits per heavy atom. The van der Waals surface area contributed by atoms with Crippen molar-refractivity contribution in [3.63, 3.8) is 0 Å². The van der Waals surface area contributed by atoms with Gasteiger partial charge in [0.2, 0.25) is 0 Å². The summed E-state index contributed by atoms with van der Waals surface area (Å²) in [5, 5.41) is 0.